The zero-order chi connectivity index (χ0) is 14.7. The summed E-state index contributed by atoms with van der Waals surface area (Å²) in [5, 5.41) is 3.00. The first-order valence-corrected chi connectivity index (χ1v) is 6.89. The summed E-state index contributed by atoms with van der Waals surface area (Å²) in [5.41, 5.74) is 6.39. The van der Waals surface area contributed by atoms with Gasteiger partial charge in [0.25, 0.3) is 5.91 Å². The molecule has 2 aromatic carbocycles. The van der Waals surface area contributed by atoms with Crippen LogP contribution in [0.15, 0.2) is 36.4 Å². The fourth-order valence-electron chi connectivity index (χ4n) is 2.51. The number of amides is 1. The van der Waals surface area contributed by atoms with Gasteiger partial charge in [-0.15, -0.1) is 0 Å². The number of carbonyl (C=O) groups excluding carboxylic acids is 1. The molecule has 0 heterocycles. The molecule has 0 aliphatic rings. The molecule has 0 aliphatic heterocycles. The molecule has 0 radical (unpaired) electrons. The smallest absolute Gasteiger partial charge is 0.252 e. The van der Waals surface area contributed by atoms with Crippen molar-refractivity contribution in [2.24, 2.45) is 0 Å². The maximum atomic E-state index is 12.3. The van der Waals surface area contributed by atoms with E-state index in [0.717, 1.165) is 22.3 Å². The van der Waals surface area contributed by atoms with Gasteiger partial charge in [-0.3, -0.25) is 4.79 Å². The number of rotatable bonds is 3. The predicted molar refractivity (Wildman–Crippen MR) is 83.0 cm³/mol. The van der Waals surface area contributed by atoms with E-state index in [-0.39, 0.29) is 5.91 Å². The van der Waals surface area contributed by atoms with Gasteiger partial charge < -0.3 is 5.32 Å². The summed E-state index contributed by atoms with van der Waals surface area (Å²) in [4.78, 5) is 12.3. The number of benzene rings is 2. The van der Waals surface area contributed by atoms with E-state index < -0.39 is 0 Å². The van der Waals surface area contributed by atoms with Crippen molar-refractivity contribution >= 4 is 5.91 Å². The van der Waals surface area contributed by atoms with Gasteiger partial charge in [-0.2, -0.15) is 0 Å². The standard InChI is InChI=1S/C18H21NO/c1-12-5-7-16(8-6-12)11-19-18(20)17-14(3)9-13(2)10-15(17)4/h5-10H,11H2,1-4H3,(H,19,20). The highest BCUT2D eigenvalue weighted by molar-refractivity contribution is 5.97. The van der Waals surface area contributed by atoms with Crippen molar-refractivity contribution < 1.29 is 4.79 Å². The molecule has 104 valence electrons. The topological polar surface area (TPSA) is 29.1 Å². The molecule has 0 fully saturated rings. The van der Waals surface area contributed by atoms with Crippen LogP contribution in [-0.2, 0) is 6.54 Å². The normalized spacial score (nSPS) is 10.4. The molecule has 0 saturated carbocycles. The van der Waals surface area contributed by atoms with E-state index in [4.69, 9.17) is 0 Å². The largest absolute Gasteiger partial charge is 0.348 e. The minimum absolute atomic E-state index is 0.000532. The van der Waals surface area contributed by atoms with Gasteiger partial charge in [0.15, 0.2) is 0 Å². The lowest BCUT2D eigenvalue weighted by Gasteiger charge is -2.12. The van der Waals surface area contributed by atoms with E-state index in [9.17, 15) is 4.79 Å². The SMILES string of the molecule is Cc1ccc(CNC(=O)c2c(C)cc(C)cc2C)cc1. The molecule has 2 aromatic rings. The Labute approximate surface area is 120 Å². The minimum atomic E-state index is 0.000532. The Morgan fingerprint density at radius 3 is 2.00 bits per heavy atom. The monoisotopic (exact) mass is 267 g/mol. The fourth-order valence-corrected chi connectivity index (χ4v) is 2.51. The quantitative estimate of drug-likeness (QED) is 0.899. The van der Waals surface area contributed by atoms with Gasteiger partial charge in [0.1, 0.15) is 0 Å². The highest BCUT2D eigenvalue weighted by Gasteiger charge is 2.12. The molecule has 0 aromatic heterocycles. The van der Waals surface area contributed by atoms with Crippen LogP contribution in [0.3, 0.4) is 0 Å². The highest BCUT2D eigenvalue weighted by Crippen LogP contribution is 2.16. The van der Waals surface area contributed by atoms with Crippen LogP contribution in [0.25, 0.3) is 0 Å². The number of carbonyl (C=O) groups is 1. The average Bonchev–Trinajstić information content (AvgIpc) is 2.37. The third-order valence-electron chi connectivity index (χ3n) is 3.48. The highest BCUT2D eigenvalue weighted by atomic mass is 16.1. The number of hydrogen-bond donors (Lipinski definition) is 1. The van der Waals surface area contributed by atoms with Crippen LogP contribution >= 0.6 is 0 Å². The second-order valence-electron chi connectivity index (χ2n) is 5.44. The van der Waals surface area contributed by atoms with Gasteiger partial charge >= 0.3 is 0 Å². The van der Waals surface area contributed by atoms with Crippen molar-refractivity contribution in [3.8, 4) is 0 Å². The van der Waals surface area contributed by atoms with E-state index in [1.165, 1.54) is 11.1 Å². The van der Waals surface area contributed by atoms with E-state index >= 15 is 0 Å². The van der Waals surface area contributed by atoms with E-state index in [1.54, 1.807) is 0 Å². The van der Waals surface area contributed by atoms with Crippen molar-refractivity contribution in [1.29, 1.82) is 0 Å². The first-order valence-electron chi connectivity index (χ1n) is 6.89. The zero-order valence-corrected chi connectivity index (χ0v) is 12.6. The Hall–Kier alpha value is -2.09. The number of hydrogen-bond acceptors (Lipinski definition) is 1. The molecular weight excluding hydrogens is 246 g/mol. The molecule has 2 rings (SSSR count). The summed E-state index contributed by atoms with van der Waals surface area (Å²) in [7, 11) is 0. The molecule has 0 spiro atoms. The second kappa shape index (κ2) is 5.91. The lowest BCUT2D eigenvalue weighted by Crippen LogP contribution is -2.24. The molecule has 20 heavy (non-hydrogen) atoms. The van der Waals surface area contributed by atoms with Crippen molar-refractivity contribution in [2.45, 2.75) is 34.2 Å². The molecule has 2 nitrogen and oxygen atoms in total. The number of aryl methyl sites for hydroxylation is 4. The van der Waals surface area contributed by atoms with Gasteiger partial charge in [-0.05, 0) is 44.4 Å². The predicted octanol–water partition coefficient (Wildman–Crippen LogP) is 3.85. The van der Waals surface area contributed by atoms with E-state index in [1.807, 2.05) is 45.0 Å². The van der Waals surface area contributed by atoms with Crippen LogP contribution in [0.4, 0.5) is 0 Å². The van der Waals surface area contributed by atoms with Gasteiger partial charge in [-0.1, -0.05) is 47.5 Å². The molecule has 2 heteroatoms. The van der Waals surface area contributed by atoms with E-state index in [0.29, 0.717) is 6.54 Å². The Morgan fingerprint density at radius 1 is 0.900 bits per heavy atom. The third-order valence-corrected chi connectivity index (χ3v) is 3.48. The van der Waals surface area contributed by atoms with E-state index in [2.05, 4.69) is 24.4 Å². The van der Waals surface area contributed by atoms with Crippen molar-refractivity contribution in [3.63, 3.8) is 0 Å². The Kier molecular flexibility index (Phi) is 4.23. The van der Waals surface area contributed by atoms with Crippen molar-refractivity contribution in [1.82, 2.24) is 5.32 Å². The summed E-state index contributed by atoms with van der Waals surface area (Å²) in [5.74, 6) is 0.000532. The maximum absolute atomic E-state index is 12.3. The summed E-state index contributed by atoms with van der Waals surface area (Å²) in [6.45, 7) is 8.64. The molecule has 0 aliphatic carbocycles. The summed E-state index contributed by atoms with van der Waals surface area (Å²) < 4.78 is 0. The summed E-state index contributed by atoms with van der Waals surface area (Å²) in [6.07, 6.45) is 0. The van der Waals surface area contributed by atoms with Crippen LogP contribution in [0.2, 0.25) is 0 Å². The van der Waals surface area contributed by atoms with Crippen LogP contribution in [-0.4, -0.2) is 5.91 Å². The second-order valence-corrected chi connectivity index (χ2v) is 5.44. The van der Waals surface area contributed by atoms with Crippen molar-refractivity contribution in [3.05, 3.63) is 69.8 Å². The molecule has 0 bridgehead atoms. The molecule has 0 atom stereocenters. The summed E-state index contributed by atoms with van der Waals surface area (Å²) >= 11 is 0. The Bertz CT molecular complexity index is 603. The molecular formula is C18H21NO. The lowest BCUT2D eigenvalue weighted by molar-refractivity contribution is 0.0949. The average molecular weight is 267 g/mol. The summed E-state index contributed by atoms with van der Waals surface area (Å²) in [6, 6.07) is 12.3. The van der Waals surface area contributed by atoms with Gasteiger partial charge in [0, 0.05) is 12.1 Å². The third kappa shape index (κ3) is 3.27. The maximum Gasteiger partial charge on any atom is 0.252 e. The van der Waals surface area contributed by atoms with Gasteiger partial charge in [0.05, 0.1) is 0 Å². The van der Waals surface area contributed by atoms with Crippen LogP contribution in [0, 0.1) is 27.7 Å². The molecule has 1 amide bonds. The first-order chi connectivity index (χ1) is 9.47. The lowest BCUT2D eigenvalue weighted by atomic mass is 9.99. The Balaban J connectivity index is 2.11. The van der Waals surface area contributed by atoms with Gasteiger partial charge in [-0.25, -0.2) is 0 Å². The van der Waals surface area contributed by atoms with Crippen LogP contribution in [0.5, 0.6) is 0 Å². The molecule has 0 saturated heterocycles. The van der Waals surface area contributed by atoms with Gasteiger partial charge in [0.2, 0.25) is 0 Å². The molecule has 0 unspecified atom stereocenters. The first kappa shape index (κ1) is 14.3. The minimum Gasteiger partial charge on any atom is -0.348 e. The fraction of sp³-hybridized carbons (Fsp3) is 0.278. The Morgan fingerprint density at radius 2 is 1.45 bits per heavy atom. The zero-order valence-electron chi connectivity index (χ0n) is 12.6. The van der Waals surface area contributed by atoms with Crippen molar-refractivity contribution in [2.75, 3.05) is 0 Å². The molecule has 1 N–H and O–H groups in total. The number of nitrogens with one attached hydrogen (secondary N) is 1. The van der Waals surface area contributed by atoms with Crippen LogP contribution < -0.4 is 5.32 Å². The van der Waals surface area contributed by atoms with Crippen LogP contribution in [0.1, 0.15) is 38.2 Å².